The van der Waals surface area contributed by atoms with E-state index in [0.29, 0.717) is 24.0 Å². The number of rotatable bonds is 6. The molecule has 0 radical (unpaired) electrons. The van der Waals surface area contributed by atoms with Crippen molar-refractivity contribution < 1.29 is 9.13 Å². The first kappa shape index (κ1) is 20.4. The second-order valence-electron chi connectivity index (χ2n) is 8.96. The fourth-order valence-corrected chi connectivity index (χ4v) is 4.82. The lowest BCUT2D eigenvalue weighted by Crippen LogP contribution is -2.34. The molecule has 1 saturated carbocycles. The van der Waals surface area contributed by atoms with Crippen LogP contribution in [0, 0.1) is 25.6 Å². The molecule has 1 aromatic carbocycles. The molecule has 3 aromatic rings. The van der Waals surface area contributed by atoms with E-state index in [1.807, 2.05) is 20.8 Å². The third-order valence-corrected chi connectivity index (χ3v) is 6.67. The lowest BCUT2D eigenvalue weighted by Gasteiger charge is -2.31. The van der Waals surface area contributed by atoms with E-state index in [1.165, 1.54) is 25.5 Å². The molecule has 164 valence electrons. The van der Waals surface area contributed by atoms with Crippen LogP contribution in [0.25, 0.3) is 16.6 Å². The smallest absolute Gasteiger partial charge is 0.152 e. The van der Waals surface area contributed by atoms with Crippen LogP contribution < -0.4 is 4.74 Å². The minimum atomic E-state index is -0.352. The fourth-order valence-electron chi connectivity index (χ4n) is 4.82. The van der Waals surface area contributed by atoms with E-state index in [2.05, 4.69) is 15.1 Å². The number of halogens is 1. The molecule has 2 aromatic heterocycles. The van der Waals surface area contributed by atoms with Gasteiger partial charge in [-0.25, -0.2) is 9.07 Å². The summed E-state index contributed by atoms with van der Waals surface area (Å²) in [6, 6.07) is 4.93. The van der Waals surface area contributed by atoms with E-state index in [1.54, 1.807) is 16.8 Å². The SMILES string of the molecule is CCOc1ccc(-n2nc3c(C4CCN(CC5CC5)CC4)nnc(C)c3c2C)c(F)c1. The highest BCUT2D eigenvalue weighted by atomic mass is 19.1. The molecule has 6 nitrogen and oxygen atoms in total. The summed E-state index contributed by atoms with van der Waals surface area (Å²) >= 11 is 0. The topological polar surface area (TPSA) is 56.1 Å². The van der Waals surface area contributed by atoms with Crippen molar-refractivity contribution in [1.29, 1.82) is 0 Å². The van der Waals surface area contributed by atoms with Crippen molar-refractivity contribution in [2.45, 2.75) is 52.4 Å². The highest BCUT2D eigenvalue weighted by Crippen LogP contribution is 2.36. The largest absolute Gasteiger partial charge is 0.494 e. The zero-order valence-corrected chi connectivity index (χ0v) is 18.6. The van der Waals surface area contributed by atoms with Crippen LogP contribution in [0.2, 0.25) is 0 Å². The normalized spacial score (nSPS) is 18.1. The molecule has 0 spiro atoms. The average molecular weight is 424 g/mol. The van der Waals surface area contributed by atoms with Crippen LogP contribution in [0.4, 0.5) is 4.39 Å². The molecule has 1 aliphatic carbocycles. The van der Waals surface area contributed by atoms with Crippen molar-refractivity contribution in [1.82, 2.24) is 24.9 Å². The van der Waals surface area contributed by atoms with Crippen molar-refractivity contribution >= 4 is 10.9 Å². The quantitative estimate of drug-likeness (QED) is 0.582. The Balaban J connectivity index is 1.48. The first-order chi connectivity index (χ1) is 15.0. The van der Waals surface area contributed by atoms with Crippen LogP contribution in [0.1, 0.15) is 55.6 Å². The van der Waals surface area contributed by atoms with Crippen LogP contribution in [-0.4, -0.2) is 51.1 Å². The zero-order chi connectivity index (χ0) is 21.5. The first-order valence-corrected chi connectivity index (χ1v) is 11.4. The molecule has 0 atom stereocenters. The second-order valence-corrected chi connectivity index (χ2v) is 8.96. The molecule has 3 heterocycles. The Labute approximate surface area is 182 Å². The van der Waals surface area contributed by atoms with Gasteiger partial charge in [0.05, 0.1) is 23.7 Å². The summed E-state index contributed by atoms with van der Waals surface area (Å²) in [5.74, 6) is 1.44. The zero-order valence-electron chi connectivity index (χ0n) is 18.6. The maximum absolute atomic E-state index is 14.9. The summed E-state index contributed by atoms with van der Waals surface area (Å²) in [6.45, 7) is 9.76. The lowest BCUT2D eigenvalue weighted by atomic mass is 9.92. The number of nitrogens with zero attached hydrogens (tertiary/aromatic N) is 5. The van der Waals surface area contributed by atoms with Crippen LogP contribution in [0.5, 0.6) is 5.75 Å². The number of likely N-dealkylation sites (tertiary alicyclic amines) is 1. The Kier molecular flexibility index (Phi) is 5.38. The van der Waals surface area contributed by atoms with Gasteiger partial charge in [0.25, 0.3) is 0 Å². The van der Waals surface area contributed by atoms with Crippen LogP contribution in [-0.2, 0) is 0 Å². The Morgan fingerprint density at radius 1 is 1.10 bits per heavy atom. The molecule has 1 aliphatic heterocycles. The van der Waals surface area contributed by atoms with Crippen LogP contribution in [0.15, 0.2) is 18.2 Å². The molecule has 0 N–H and O–H groups in total. The van der Waals surface area contributed by atoms with Crippen molar-refractivity contribution in [3.63, 3.8) is 0 Å². The van der Waals surface area contributed by atoms with Gasteiger partial charge in [0.2, 0.25) is 0 Å². The number of benzene rings is 1. The monoisotopic (exact) mass is 423 g/mol. The van der Waals surface area contributed by atoms with Gasteiger partial charge in [-0.1, -0.05) is 0 Å². The van der Waals surface area contributed by atoms with Gasteiger partial charge in [0.15, 0.2) is 5.82 Å². The standard InChI is InChI=1S/C24H30FN5O/c1-4-31-19-7-8-21(20(25)13-19)30-16(3)22-15(2)26-27-23(24(22)28-30)18-9-11-29(12-10-18)14-17-5-6-17/h7-8,13,17-18H,4-6,9-12,14H2,1-3H3. The van der Waals surface area contributed by atoms with E-state index >= 15 is 0 Å². The maximum atomic E-state index is 14.9. The molecule has 7 heteroatoms. The van der Waals surface area contributed by atoms with Gasteiger partial charge in [0, 0.05) is 23.9 Å². The number of aromatic nitrogens is 4. The highest BCUT2D eigenvalue weighted by Gasteiger charge is 2.30. The fraction of sp³-hybridized carbons (Fsp3) is 0.542. The molecule has 31 heavy (non-hydrogen) atoms. The summed E-state index contributed by atoms with van der Waals surface area (Å²) in [5, 5.41) is 14.9. The van der Waals surface area contributed by atoms with Crippen molar-refractivity contribution in [3.8, 4) is 11.4 Å². The molecule has 5 rings (SSSR count). The Hall–Kier alpha value is -2.54. The molecule has 2 aliphatic rings. The molecule has 1 saturated heterocycles. The molecule has 0 amide bonds. The van der Waals surface area contributed by atoms with Crippen molar-refractivity contribution in [3.05, 3.63) is 41.1 Å². The van der Waals surface area contributed by atoms with Gasteiger partial charge < -0.3 is 9.64 Å². The first-order valence-electron chi connectivity index (χ1n) is 11.4. The van der Waals surface area contributed by atoms with Gasteiger partial charge in [-0.2, -0.15) is 15.3 Å². The maximum Gasteiger partial charge on any atom is 0.152 e. The van der Waals surface area contributed by atoms with Crippen molar-refractivity contribution in [2.75, 3.05) is 26.2 Å². The lowest BCUT2D eigenvalue weighted by molar-refractivity contribution is 0.203. The van der Waals surface area contributed by atoms with E-state index in [0.717, 1.165) is 59.8 Å². The van der Waals surface area contributed by atoms with Gasteiger partial charge in [-0.05, 0) is 77.6 Å². The summed E-state index contributed by atoms with van der Waals surface area (Å²) < 4.78 is 22.0. The van der Waals surface area contributed by atoms with Gasteiger partial charge >= 0.3 is 0 Å². The van der Waals surface area contributed by atoms with Crippen molar-refractivity contribution in [2.24, 2.45) is 5.92 Å². The molecule has 0 bridgehead atoms. The minimum absolute atomic E-state index is 0.346. The number of ether oxygens (including phenoxy) is 1. The average Bonchev–Trinajstić information content (AvgIpc) is 3.51. The third kappa shape index (κ3) is 3.91. The van der Waals surface area contributed by atoms with Gasteiger partial charge in [0.1, 0.15) is 17.0 Å². The number of hydrogen-bond donors (Lipinski definition) is 0. The molecule has 0 unspecified atom stereocenters. The van der Waals surface area contributed by atoms with E-state index < -0.39 is 0 Å². The molecular formula is C24H30FN5O. The number of aryl methyl sites for hydroxylation is 2. The highest BCUT2D eigenvalue weighted by molar-refractivity contribution is 5.86. The van der Waals surface area contributed by atoms with Crippen LogP contribution >= 0.6 is 0 Å². The summed E-state index contributed by atoms with van der Waals surface area (Å²) in [6.07, 6.45) is 4.93. The van der Waals surface area contributed by atoms with E-state index in [9.17, 15) is 4.39 Å². The van der Waals surface area contributed by atoms with E-state index in [4.69, 9.17) is 9.84 Å². The third-order valence-electron chi connectivity index (χ3n) is 6.67. The second kappa shape index (κ2) is 8.19. The predicted molar refractivity (Wildman–Crippen MR) is 118 cm³/mol. The van der Waals surface area contributed by atoms with Gasteiger partial charge in [-0.3, -0.25) is 0 Å². The molecule has 2 fully saturated rings. The summed E-state index contributed by atoms with van der Waals surface area (Å²) in [5.41, 5.74) is 3.96. The van der Waals surface area contributed by atoms with E-state index in [-0.39, 0.29) is 5.82 Å². The van der Waals surface area contributed by atoms with Gasteiger partial charge in [-0.15, -0.1) is 0 Å². The Morgan fingerprint density at radius 3 is 2.55 bits per heavy atom. The van der Waals surface area contributed by atoms with Crippen LogP contribution in [0.3, 0.4) is 0 Å². The summed E-state index contributed by atoms with van der Waals surface area (Å²) in [7, 11) is 0. The molecular weight excluding hydrogens is 393 g/mol. The predicted octanol–water partition coefficient (Wildman–Crippen LogP) is 4.56. The number of piperidine rings is 1. The Morgan fingerprint density at radius 2 is 1.87 bits per heavy atom. The number of hydrogen-bond acceptors (Lipinski definition) is 5. The summed E-state index contributed by atoms with van der Waals surface area (Å²) in [4.78, 5) is 2.59. The Bertz CT molecular complexity index is 1100. The number of fused-ring (bicyclic) bond motifs is 1. The minimum Gasteiger partial charge on any atom is -0.494 e.